The molecule has 0 aromatic heterocycles. The number of rotatable bonds is 3. The van der Waals surface area contributed by atoms with Gasteiger partial charge >= 0.3 is 0 Å². The summed E-state index contributed by atoms with van der Waals surface area (Å²) >= 11 is 9.21. The van der Waals surface area contributed by atoms with Crippen molar-refractivity contribution in [3.05, 3.63) is 27.7 Å². The van der Waals surface area contributed by atoms with E-state index >= 15 is 0 Å². The quantitative estimate of drug-likeness (QED) is 0.893. The molecule has 0 bridgehead atoms. The van der Waals surface area contributed by atoms with Gasteiger partial charge in [-0.3, -0.25) is 4.79 Å². The van der Waals surface area contributed by atoms with Crippen molar-refractivity contribution in [1.82, 2.24) is 5.32 Å². The first kappa shape index (κ1) is 13.8. The third-order valence-electron chi connectivity index (χ3n) is 2.63. The average Bonchev–Trinajstić information content (AvgIpc) is 2.35. The Morgan fingerprint density at radius 1 is 1.61 bits per heavy atom. The second kappa shape index (κ2) is 6.52. The van der Waals surface area contributed by atoms with E-state index in [0.29, 0.717) is 24.7 Å². The second-order valence-corrected chi connectivity index (χ2v) is 5.37. The summed E-state index contributed by atoms with van der Waals surface area (Å²) < 4.78 is 6.07. The Morgan fingerprint density at radius 2 is 2.44 bits per heavy atom. The molecule has 1 amide bonds. The lowest BCUT2D eigenvalue weighted by Gasteiger charge is -2.23. The summed E-state index contributed by atoms with van der Waals surface area (Å²) in [5.74, 6) is -0.0350. The first-order valence-electron chi connectivity index (χ1n) is 5.71. The van der Waals surface area contributed by atoms with Gasteiger partial charge in [-0.1, -0.05) is 11.6 Å². The smallest absolute Gasteiger partial charge is 0.226 e. The number of nitrogens with one attached hydrogen (secondary N) is 2. The van der Waals surface area contributed by atoms with Crippen LogP contribution in [0.15, 0.2) is 22.7 Å². The molecule has 2 rings (SSSR count). The molecule has 2 N–H and O–H groups in total. The van der Waals surface area contributed by atoms with Gasteiger partial charge in [0.15, 0.2) is 0 Å². The van der Waals surface area contributed by atoms with Gasteiger partial charge in [-0.15, -0.1) is 0 Å². The number of amides is 1. The summed E-state index contributed by atoms with van der Waals surface area (Å²) in [6.07, 6.45) is 0.403. The molecule has 6 heteroatoms. The molecule has 4 nitrogen and oxygen atoms in total. The van der Waals surface area contributed by atoms with Gasteiger partial charge in [-0.25, -0.2) is 0 Å². The first-order valence-corrected chi connectivity index (χ1v) is 6.88. The number of carbonyl (C=O) groups is 1. The van der Waals surface area contributed by atoms with Gasteiger partial charge in [0.25, 0.3) is 0 Å². The van der Waals surface area contributed by atoms with Crippen LogP contribution in [-0.2, 0) is 9.53 Å². The van der Waals surface area contributed by atoms with Crippen LogP contribution in [0.1, 0.15) is 6.42 Å². The lowest BCUT2D eigenvalue weighted by Crippen LogP contribution is -2.43. The molecule has 0 saturated carbocycles. The van der Waals surface area contributed by atoms with Crippen molar-refractivity contribution in [3.8, 4) is 0 Å². The van der Waals surface area contributed by atoms with Crippen LogP contribution in [0.2, 0.25) is 5.02 Å². The maximum Gasteiger partial charge on any atom is 0.226 e. The molecule has 0 radical (unpaired) electrons. The monoisotopic (exact) mass is 332 g/mol. The Morgan fingerprint density at radius 3 is 3.11 bits per heavy atom. The van der Waals surface area contributed by atoms with Crippen molar-refractivity contribution < 1.29 is 9.53 Å². The molecule has 0 spiro atoms. The zero-order valence-electron chi connectivity index (χ0n) is 9.71. The van der Waals surface area contributed by atoms with Crippen LogP contribution in [0.5, 0.6) is 0 Å². The third kappa shape index (κ3) is 3.95. The van der Waals surface area contributed by atoms with Gasteiger partial charge in [0.2, 0.25) is 5.91 Å². The van der Waals surface area contributed by atoms with Crippen molar-refractivity contribution in [1.29, 1.82) is 0 Å². The molecular weight excluding hydrogens is 320 g/mol. The Labute approximate surface area is 119 Å². The van der Waals surface area contributed by atoms with Crippen LogP contribution in [0, 0.1) is 0 Å². The molecule has 1 aliphatic heterocycles. The minimum Gasteiger partial charge on any atom is -0.378 e. The maximum atomic E-state index is 11.8. The zero-order chi connectivity index (χ0) is 13.0. The Kier molecular flexibility index (Phi) is 5.00. The number of hydrogen-bond acceptors (Lipinski definition) is 3. The highest BCUT2D eigenvalue weighted by atomic mass is 79.9. The molecule has 1 atom stereocenters. The predicted molar refractivity (Wildman–Crippen MR) is 75.0 cm³/mol. The predicted octanol–water partition coefficient (Wildman–Crippen LogP) is 2.42. The van der Waals surface area contributed by atoms with E-state index in [1.807, 2.05) is 0 Å². The minimum atomic E-state index is -0.0350. The van der Waals surface area contributed by atoms with E-state index in [0.717, 1.165) is 16.7 Å². The number of ether oxygens (including phenoxy) is 1. The van der Waals surface area contributed by atoms with Gasteiger partial charge < -0.3 is 15.4 Å². The van der Waals surface area contributed by atoms with Gasteiger partial charge in [-0.2, -0.15) is 0 Å². The van der Waals surface area contributed by atoms with Gasteiger partial charge in [-0.05, 0) is 34.1 Å². The summed E-state index contributed by atoms with van der Waals surface area (Å²) in [6.45, 7) is 2.09. The van der Waals surface area contributed by atoms with E-state index in [-0.39, 0.29) is 11.9 Å². The van der Waals surface area contributed by atoms with Gasteiger partial charge in [0.1, 0.15) is 0 Å². The summed E-state index contributed by atoms with van der Waals surface area (Å²) in [7, 11) is 0. The fourth-order valence-electron chi connectivity index (χ4n) is 1.76. The number of carbonyl (C=O) groups excluding carboxylic acids is 1. The molecule has 1 heterocycles. The van der Waals surface area contributed by atoms with Crippen molar-refractivity contribution in [2.75, 3.05) is 25.1 Å². The van der Waals surface area contributed by atoms with E-state index < -0.39 is 0 Å². The second-order valence-electron chi connectivity index (χ2n) is 4.11. The number of anilines is 1. The lowest BCUT2D eigenvalue weighted by molar-refractivity contribution is -0.117. The van der Waals surface area contributed by atoms with Crippen molar-refractivity contribution in [2.24, 2.45) is 0 Å². The topological polar surface area (TPSA) is 50.4 Å². The molecule has 1 aliphatic rings. The molecular formula is C12H14BrClN2O2. The first-order chi connectivity index (χ1) is 8.65. The van der Waals surface area contributed by atoms with Crippen molar-refractivity contribution >= 4 is 39.1 Å². The lowest BCUT2D eigenvalue weighted by atomic mass is 10.2. The average molecular weight is 334 g/mol. The Bertz CT molecular complexity index is 436. The number of hydrogen-bond donors (Lipinski definition) is 2. The highest BCUT2D eigenvalue weighted by molar-refractivity contribution is 9.10. The normalized spacial score (nSPS) is 19.6. The SMILES string of the molecule is O=C(CC1COCCN1)Nc1ccc(Cl)c(Br)c1. The third-order valence-corrected chi connectivity index (χ3v) is 3.85. The molecule has 18 heavy (non-hydrogen) atoms. The van der Waals surface area contributed by atoms with Gasteiger partial charge in [0, 0.05) is 29.2 Å². The van der Waals surface area contributed by atoms with Crippen LogP contribution in [-0.4, -0.2) is 31.7 Å². The summed E-state index contributed by atoms with van der Waals surface area (Å²) in [5, 5.41) is 6.69. The van der Waals surface area contributed by atoms with E-state index in [2.05, 4.69) is 26.6 Å². The number of morpholine rings is 1. The summed E-state index contributed by atoms with van der Waals surface area (Å²) in [6, 6.07) is 5.39. The van der Waals surface area contributed by atoms with Crippen LogP contribution in [0.4, 0.5) is 5.69 Å². The van der Waals surface area contributed by atoms with E-state index in [1.165, 1.54) is 0 Å². The fourth-order valence-corrected chi connectivity index (χ4v) is 2.26. The largest absolute Gasteiger partial charge is 0.378 e. The number of benzene rings is 1. The standard InChI is InChI=1S/C12H14BrClN2O2/c13-10-5-8(1-2-11(10)14)16-12(17)6-9-7-18-4-3-15-9/h1-2,5,9,15H,3-4,6-7H2,(H,16,17). The highest BCUT2D eigenvalue weighted by Gasteiger charge is 2.16. The van der Waals surface area contributed by atoms with Crippen LogP contribution >= 0.6 is 27.5 Å². The van der Waals surface area contributed by atoms with E-state index in [4.69, 9.17) is 16.3 Å². The van der Waals surface area contributed by atoms with E-state index in [1.54, 1.807) is 18.2 Å². The molecule has 0 aliphatic carbocycles. The molecule has 1 aromatic rings. The molecule has 1 aromatic carbocycles. The van der Waals surface area contributed by atoms with Crippen LogP contribution in [0.25, 0.3) is 0 Å². The number of halogens is 2. The van der Waals surface area contributed by atoms with Crippen molar-refractivity contribution in [2.45, 2.75) is 12.5 Å². The van der Waals surface area contributed by atoms with Crippen molar-refractivity contribution in [3.63, 3.8) is 0 Å². The molecule has 98 valence electrons. The molecule has 1 unspecified atom stereocenters. The maximum absolute atomic E-state index is 11.8. The minimum absolute atomic E-state index is 0.0350. The summed E-state index contributed by atoms with van der Waals surface area (Å²) in [4.78, 5) is 11.8. The van der Waals surface area contributed by atoms with Gasteiger partial charge in [0.05, 0.1) is 18.2 Å². The summed E-state index contributed by atoms with van der Waals surface area (Å²) in [5.41, 5.74) is 0.730. The highest BCUT2D eigenvalue weighted by Crippen LogP contribution is 2.25. The van der Waals surface area contributed by atoms with Crippen LogP contribution in [0.3, 0.4) is 0 Å². The Hall–Kier alpha value is -0.620. The molecule has 1 fully saturated rings. The van der Waals surface area contributed by atoms with Crippen LogP contribution < -0.4 is 10.6 Å². The molecule has 1 saturated heterocycles. The van der Waals surface area contributed by atoms with E-state index in [9.17, 15) is 4.79 Å². The fraction of sp³-hybridized carbons (Fsp3) is 0.417. The zero-order valence-corrected chi connectivity index (χ0v) is 12.1. The Balaban J connectivity index is 1.88.